The minimum atomic E-state index is 1.02. The van der Waals surface area contributed by atoms with E-state index in [9.17, 15) is 0 Å². The zero-order chi connectivity index (χ0) is 7.82. The highest BCUT2D eigenvalue weighted by molar-refractivity contribution is 5.28. The second-order valence-corrected chi connectivity index (χ2v) is 1.98. The molecule has 0 aromatic rings. The lowest BCUT2D eigenvalue weighted by molar-refractivity contribution is 1.22. The van der Waals surface area contributed by atoms with Crippen molar-refractivity contribution in [3.63, 3.8) is 0 Å². The van der Waals surface area contributed by atoms with Crippen molar-refractivity contribution in [2.24, 2.45) is 0 Å². The SMILES string of the molecule is C=C/C=C\C(=C)/C=C\CC. The largest absolute Gasteiger partial charge is 0.0991 e. The van der Waals surface area contributed by atoms with Gasteiger partial charge in [-0.1, -0.05) is 50.5 Å². The van der Waals surface area contributed by atoms with Crippen LogP contribution >= 0.6 is 0 Å². The van der Waals surface area contributed by atoms with E-state index in [4.69, 9.17) is 0 Å². The predicted molar refractivity (Wildman–Crippen MR) is 47.9 cm³/mol. The van der Waals surface area contributed by atoms with Gasteiger partial charge in [0, 0.05) is 0 Å². The highest BCUT2D eigenvalue weighted by Gasteiger charge is 1.75. The third-order valence-electron chi connectivity index (χ3n) is 1.01. The Morgan fingerprint density at radius 1 is 1.40 bits per heavy atom. The maximum Gasteiger partial charge on any atom is -0.0332 e. The molecule has 0 N–H and O–H groups in total. The van der Waals surface area contributed by atoms with Crippen molar-refractivity contribution >= 4 is 0 Å². The molecule has 0 spiro atoms. The smallest absolute Gasteiger partial charge is 0.0332 e. The van der Waals surface area contributed by atoms with Gasteiger partial charge in [-0.25, -0.2) is 0 Å². The average molecular weight is 134 g/mol. The topological polar surface area (TPSA) is 0 Å². The summed E-state index contributed by atoms with van der Waals surface area (Å²) in [5, 5.41) is 0. The lowest BCUT2D eigenvalue weighted by Crippen LogP contribution is -1.64. The van der Waals surface area contributed by atoms with E-state index >= 15 is 0 Å². The van der Waals surface area contributed by atoms with Gasteiger partial charge in [0.2, 0.25) is 0 Å². The molecule has 0 saturated carbocycles. The summed E-state index contributed by atoms with van der Waals surface area (Å²) in [4.78, 5) is 0. The van der Waals surface area contributed by atoms with Crippen LogP contribution in [-0.4, -0.2) is 0 Å². The molecule has 0 nitrogen and oxygen atoms in total. The molecule has 0 unspecified atom stereocenters. The molecule has 0 amide bonds. The summed E-state index contributed by atoms with van der Waals surface area (Å²) < 4.78 is 0. The van der Waals surface area contributed by atoms with Gasteiger partial charge in [-0.05, 0) is 12.0 Å². The molecular formula is C10H14. The Kier molecular flexibility index (Phi) is 5.45. The zero-order valence-electron chi connectivity index (χ0n) is 6.51. The maximum atomic E-state index is 3.81. The van der Waals surface area contributed by atoms with Crippen molar-refractivity contribution in [2.75, 3.05) is 0 Å². The fourth-order valence-corrected chi connectivity index (χ4v) is 0.516. The number of rotatable bonds is 4. The van der Waals surface area contributed by atoms with Gasteiger partial charge in [-0.3, -0.25) is 0 Å². The van der Waals surface area contributed by atoms with Crippen molar-refractivity contribution in [1.29, 1.82) is 0 Å². The van der Waals surface area contributed by atoms with Crippen molar-refractivity contribution in [2.45, 2.75) is 13.3 Å². The van der Waals surface area contributed by atoms with Crippen LogP contribution in [0.15, 0.2) is 49.1 Å². The molecule has 0 aliphatic heterocycles. The van der Waals surface area contributed by atoms with Crippen LogP contribution in [0.25, 0.3) is 0 Å². The van der Waals surface area contributed by atoms with E-state index < -0.39 is 0 Å². The molecule has 0 aromatic heterocycles. The summed E-state index contributed by atoms with van der Waals surface area (Å²) in [6, 6.07) is 0. The highest BCUT2D eigenvalue weighted by Crippen LogP contribution is 1.95. The molecule has 0 atom stereocenters. The number of allylic oxidation sites excluding steroid dienone is 6. The molecular weight excluding hydrogens is 120 g/mol. The van der Waals surface area contributed by atoms with Gasteiger partial charge in [0.05, 0.1) is 0 Å². The summed E-state index contributed by atoms with van der Waals surface area (Å²) in [6.45, 7) is 9.47. The third kappa shape index (κ3) is 5.10. The van der Waals surface area contributed by atoms with Crippen LogP contribution in [0.3, 0.4) is 0 Å². The van der Waals surface area contributed by atoms with Crippen LogP contribution in [0.5, 0.6) is 0 Å². The first-order valence-electron chi connectivity index (χ1n) is 3.45. The molecule has 0 aromatic carbocycles. The summed E-state index contributed by atoms with van der Waals surface area (Å²) in [7, 11) is 0. The fourth-order valence-electron chi connectivity index (χ4n) is 0.516. The van der Waals surface area contributed by atoms with E-state index in [1.807, 2.05) is 18.2 Å². The van der Waals surface area contributed by atoms with Gasteiger partial charge >= 0.3 is 0 Å². The second-order valence-electron chi connectivity index (χ2n) is 1.98. The first-order chi connectivity index (χ1) is 4.81. The Morgan fingerprint density at radius 2 is 2.10 bits per heavy atom. The van der Waals surface area contributed by atoms with E-state index in [2.05, 4.69) is 26.2 Å². The first kappa shape index (κ1) is 8.96. The van der Waals surface area contributed by atoms with Crippen molar-refractivity contribution in [3.05, 3.63) is 49.1 Å². The Hall–Kier alpha value is -1.04. The highest BCUT2D eigenvalue weighted by atomic mass is 13.8. The molecule has 0 aliphatic carbocycles. The van der Waals surface area contributed by atoms with Crippen molar-refractivity contribution in [3.8, 4) is 0 Å². The monoisotopic (exact) mass is 134 g/mol. The standard InChI is InChI=1S/C10H14/c1-4-6-8-10(3)9-7-5-2/h4,6-9H,1,3,5H2,2H3/b8-6-,9-7-. The average Bonchev–Trinajstić information content (AvgIpc) is 1.97. The molecule has 0 radical (unpaired) electrons. The first-order valence-corrected chi connectivity index (χ1v) is 3.45. The molecule has 54 valence electrons. The lowest BCUT2D eigenvalue weighted by Gasteiger charge is -1.85. The summed E-state index contributed by atoms with van der Waals surface area (Å²) in [5.74, 6) is 0. The Balaban J connectivity index is 3.74. The molecule has 0 heteroatoms. The van der Waals surface area contributed by atoms with Gasteiger partial charge in [-0.15, -0.1) is 0 Å². The summed E-state index contributed by atoms with van der Waals surface area (Å²) in [6.07, 6.45) is 10.7. The van der Waals surface area contributed by atoms with Crippen LogP contribution in [0.4, 0.5) is 0 Å². The summed E-state index contributed by atoms with van der Waals surface area (Å²) in [5.41, 5.74) is 1.02. The molecule has 0 aliphatic rings. The molecule has 0 rings (SSSR count). The lowest BCUT2D eigenvalue weighted by atomic mass is 10.2. The van der Waals surface area contributed by atoms with Gasteiger partial charge in [0.25, 0.3) is 0 Å². The van der Waals surface area contributed by atoms with Crippen molar-refractivity contribution in [1.82, 2.24) is 0 Å². The fraction of sp³-hybridized carbons (Fsp3) is 0.200. The van der Waals surface area contributed by atoms with Gasteiger partial charge in [0.1, 0.15) is 0 Å². The van der Waals surface area contributed by atoms with Crippen LogP contribution < -0.4 is 0 Å². The maximum absolute atomic E-state index is 3.81. The molecule has 0 saturated heterocycles. The minimum Gasteiger partial charge on any atom is -0.0991 e. The minimum absolute atomic E-state index is 1.02. The van der Waals surface area contributed by atoms with E-state index in [1.54, 1.807) is 6.08 Å². The number of hydrogen-bond donors (Lipinski definition) is 0. The predicted octanol–water partition coefficient (Wildman–Crippen LogP) is 3.25. The van der Waals surface area contributed by atoms with E-state index in [-0.39, 0.29) is 0 Å². The van der Waals surface area contributed by atoms with Crippen LogP contribution in [0.1, 0.15) is 13.3 Å². The molecule has 10 heavy (non-hydrogen) atoms. The Bertz CT molecular complexity index is 159. The summed E-state index contributed by atoms with van der Waals surface area (Å²) >= 11 is 0. The van der Waals surface area contributed by atoms with Crippen LogP contribution in [0, 0.1) is 0 Å². The normalized spacial score (nSPS) is 10.9. The van der Waals surface area contributed by atoms with Gasteiger partial charge in [0.15, 0.2) is 0 Å². The quantitative estimate of drug-likeness (QED) is 0.518. The van der Waals surface area contributed by atoms with Crippen molar-refractivity contribution < 1.29 is 0 Å². The zero-order valence-corrected chi connectivity index (χ0v) is 6.51. The second kappa shape index (κ2) is 6.09. The number of hydrogen-bond acceptors (Lipinski definition) is 0. The molecule has 0 bridgehead atoms. The van der Waals surface area contributed by atoms with E-state index in [0.717, 1.165) is 12.0 Å². The van der Waals surface area contributed by atoms with E-state index in [1.165, 1.54) is 0 Å². The van der Waals surface area contributed by atoms with Crippen LogP contribution in [0.2, 0.25) is 0 Å². The molecule has 0 heterocycles. The van der Waals surface area contributed by atoms with E-state index in [0.29, 0.717) is 0 Å². The Morgan fingerprint density at radius 3 is 2.60 bits per heavy atom. The van der Waals surface area contributed by atoms with Crippen LogP contribution in [-0.2, 0) is 0 Å². The van der Waals surface area contributed by atoms with Gasteiger partial charge in [-0.2, -0.15) is 0 Å². The van der Waals surface area contributed by atoms with Gasteiger partial charge < -0.3 is 0 Å². The third-order valence-corrected chi connectivity index (χ3v) is 1.01. The Labute approximate surface area is 63.3 Å². The molecule has 0 fully saturated rings.